The number of methoxy groups -OCH3 is 1. The van der Waals surface area contributed by atoms with Crippen LogP contribution in [0.3, 0.4) is 0 Å². The second kappa shape index (κ2) is 19.1. The van der Waals surface area contributed by atoms with Crippen molar-refractivity contribution in [3.8, 4) is 26.6 Å². The highest BCUT2D eigenvalue weighted by Gasteiger charge is 2.45. The number of carbonyl (C=O) groups excluding carboxylic acids is 4. The number of benzene rings is 3. The smallest absolute Gasteiger partial charge is 0.308 e. The van der Waals surface area contributed by atoms with Gasteiger partial charge in [0.25, 0.3) is 0 Å². The third-order valence-electron chi connectivity index (χ3n) is 13.2. The van der Waals surface area contributed by atoms with Crippen molar-refractivity contribution < 1.29 is 29.0 Å². The largest absolute Gasteiger partial charge is 0.469 e. The van der Waals surface area contributed by atoms with Crippen molar-refractivity contribution in [1.82, 2.24) is 45.1 Å². The fourth-order valence-corrected chi connectivity index (χ4v) is 11.3. The van der Waals surface area contributed by atoms with Gasteiger partial charge in [-0.25, -0.2) is 4.98 Å². The molecule has 70 heavy (non-hydrogen) atoms. The first-order valence-corrected chi connectivity index (χ1v) is 24.9. The molecule has 1 unspecified atom stereocenters. The lowest BCUT2D eigenvalue weighted by Crippen LogP contribution is -2.58. The van der Waals surface area contributed by atoms with Gasteiger partial charge < -0.3 is 25.4 Å². The number of aliphatic imine (C=N–C) groups is 1. The van der Waals surface area contributed by atoms with Crippen LogP contribution in [0.1, 0.15) is 97.1 Å². The molecule has 1 fully saturated rings. The molecule has 0 radical (unpaired) electrons. The predicted molar refractivity (Wildman–Crippen MR) is 270 cm³/mol. The zero-order valence-electron chi connectivity index (χ0n) is 40.6. The number of rotatable bonds is 12. The number of aliphatic hydroxyl groups excluding tert-OH is 1. The van der Waals surface area contributed by atoms with Crippen LogP contribution in [0.5, 0.6) is 0 Å². The number of amides is 3. The highest BCUT2D eigenvalue weighted by molar-refractivity contribution is 7.15. The van der Waals surface area contributed by atoms with E-state index in [4.69, 9.17) is 9.73 Å². The van der Waals surface area contributed by atoms with Crippen molar-refractivity contribution in [3.63, 3.8) is 0 Å². The van der Waals surface area contributed by atoms with Crippen molar-refractivity contribution in [2.24, 2.45) is 10.4 Å². The molecule has 1 saturated heterocycles. The maximum atomic E-state index is 14.4. The Morgan fingerprint density at radius 2 is 1.61 bits per heavy atom. The Balaban J connectivity index is 0.884. The summed E-state index contributed by atoms with van der Waals surface area (Å²) in [5.74, 6) is -0.322. The number of esters is 1. The van der Waals surface area contributed by atoms with E-state index >= 15 is 0 Å². The average Bonchev–Trinajstić information content (AvgIpc) is 4.16. The van der Waals surface area contributed by atoms with Gasteiger partial charge in [-0.3, -0.25) is 33.4 Å². The second-order valence-electron chi connectivity index (χ2n) is 19.2. The SMILES string of the molecule is COC(=O)CC1N=C(c2ccc(-c3ccc4nn(CC(=O)N[C@H](C(=O)N5C[C@H](O)C[C@H]5C(=O)N[C@@H](C)c5ccc(-c6scnc6C)cc5)C(C)(C)C)cc4c3)cc2)c2c(sc(C)c2C)-n2c(C)nnc21. The highest BCUT2D eigenvalue weighted by Crippen LogP contribution is 2.40. The fraction of sp³-hybridized carbons (Fsp3) is 0.365. The molecule has 6 heterocycles. The van der Waals surface area contributed by atoms with Crippen molar-refractivity contribution in [3.05, 3.63) is 123 Å². The molecule has 0 saturated carbocycles. The number of fused-ring (bicyclic) bond motifs is 4. The lowest BCUT2D eigenvalue weighted by Gasteiger charge is -2.35. The lowest BCUT2D eigenvalue weighted by molar-refractivity contribution is -0.144. The molecule has 362 valence electrons. The van der Waals surface area contributed by atoms with Crippen molar-refractivity contribution in [2.75, 3.05) is 13.7 Å². The van der Waals surface area contributed by atoms with Crippen LogP contribution >= 0.6 is 22.7 Å². The van der Waals surface area contributed by atoms with Gasteiger partial charge in [0, 0.05) is 40.6 Å². The van der Waals surface area contributed by atoms with E-state index in [2.05, 4.69) is 44.8 Å². The quantitative estimate of drug-likeness (QED) is 0.103. The summed E-state index contributed by atoms with van der Waals surface area (Å²) in [7, 11) is 1.37. The molecule has 16 nitrogen and oxygen atoms in total. The lowest BCUT2D eigenvalue weighted by atomic mass is 9.85. The van der Waals surface area contributed by atoms with Crippen LogP contribution in [-0.4, -0.2) is 101 Å². The van der Waals surface area contributed by atoms with Gasteiger partial charge in [-0.15, -0.1) is 32.9 Å². The average molecular weight is 981 g/mol. The number of aromatic nitrogens is 6. The van der Waals surface area contributed by atoms with Crippen LogP contribution in [0, 0.1) is 33.1 Å². The standard InChI is InChI=1S/C52H56N10O6S2/c1-27-30(4)70-51-44(27)45(55-40(22-43(65)68-9)48-58-57-31(5)62(48)51)34-14-12-33(13-15-34)36-18-19-39-37(20-36)23-60(59-39)25-42(64)56-47(52(6,7)8)50(67)61-24-38(63)21-41(61)49(66)54-28(2)32-10-16-35(17-11-32)46-29(3)53-26-69-46/h10-20,23,26,28,38,40-41,47,63H,21-22,24-25H2,1-9H3,(H,54,66)(H,56,64)/t28-,38+,40?,41-,47+/m0/s1. The molecule has 3 N–H and O–H groups in total. The third kappa shape index (κ3) is 9.42. The first-order valence-electron chi connectivity index (χ1n) is 23.2. The van der Waals surface area contributed by atoms with E-state index in [-0.39, 0.29) is 43.8 Å². The molecule has 2 aliphatic heterocycles. The Kier molecular flexibility index (Phi) is 13.2. The van der Waals surface area contributed by atoms with Gasteiger partial charge in [0.05, 0.1) is 53.0 Å². The minimum atomic E-state index is -0.994. The minimum absolute atomic E-state index is 0.0180. The molecule has 0 spiro atoms. The number of aliphatic hydroxyl groups is 1. The molecule has 18 heteroatoms. The number of thiophene rings is 1. The summed E-state index contributed by atoms with van der Waals surface area (Å²) in [6, 6.07) is 19.1. The van der Waals surface area contributed by atoms with Gasteiger partial charge in [-0.05, 0) is 80.0 Å². The molecule has 2 aliphatic rings. The topological polar surface area (TPSA) is 199 Å². The van der Waals surface area contributed by atoms with E-state index in [1.165, 1.54) is 12.0 Å². The molecule has 3 amide bonds. The van der Waals surface area contributed by atoms with Gasteiger partial charge in [-0.2, -0.15) is 5.10 Å². The Hall–Kier alpha value is -6.89. The molecule has 0 bridgehead atoms. The zero-order valence-corrected chi connectivity index (χ0v) is 42.2. The van der Waals surface area contributed by atoms with Crippen LogP contribution in [0.4, 0.5) is 0 Å². The number of carbonyl (C=O) groups is 4. The monoisotopic (exact) mass is 980 g/mol. The number of hydrogen-bond donors (Lipinski definition) is 3. The Morgan fingerprint density at radius 3 is 2.30 bits per heavy atom. The summed E-state index contributed by atoms with van der Waals surface area (Å²) in [4.78, 5) is 67.7. The maximum absolute atomic E-state index is 14.4. The van der Waals surface area contributed by atoms with Crippen LogP contribution in [0.15, 0.2) is 83.4 Å². The number of β-amino-alcohol motifs (C(OH)–C–C–N with tert-alkyl or cyclic N) is 1. The number of nitrogens with one attached hydrogen (secondary N) is 2. The van der Waals surface area contributed by atoms with Gasteiger partial charge in [0.15, 0.2) is 5.82 Å². The van der Waals surface area contributed by atoms with Crippen molar-refractivity contribution >= 4 is 63.0 Å². The maximum Gasteiger partial charge on any atom is 0.308 e. The van der Waals surface area contributed by atoms with Gasteiger partial charge >= 0.3 is 5.97 Å². The normalized spacial score (nSPS) is 17.6. The van der Waals surface area contributed by atoms with E-state index in [1.54, 1.807) is 33.6 Å². The summed E-state index contributed by atoms with van der Waals surface area (Å²) >= 11 is 3.22. The van der Waals surface area contributed by atoms with Gasteiger partial charge in [0.1, 0.15) is 35.5 Å². The zero-order chi connectivity index (χ0) is 49.8. The molecular weight excluding hydrogens is 925 g/mol. The van der Waals surface area contributed by atoms with Crippen LogP contribution < -0.4 is 10.6 Å². The predicted octanol–water partition coefficient (Wildman–Crippen LogP) is 7.53. The van der Waals surface area contributed by atoms with Crippen molar-refractivity contribution in [1.29, 1.82) is 0 Å². The van der Waals surface area contributed by atoms with Gasteiger partial charge in [-0.1, -0.05) is 75.4 Å². The van der Waals surface area contributed by atoms with Crippen LogP contribution in [0.25, 0.3) is 37.5 Å². The van der Waals surface area contributed by atoms with E-state index in [9.17, 15) is 24.3 Å². The molecule has 0 aliphatic carbocycles. The molecule has 5 atom stereocenters. The molecular formula is C52H56N10O6S2. The summed E-state index contributed by atoms with van der Waals surface area (Å²) in [6.07, 6.45) is 1.01. The highest BCUT2D eigenvalue weighted by atomic mass is 32.1. The summed E-state index contributed by atoms with van der Waals surface area (Å²) in [6.45, 7) is 15.3. The van der Waals surface area contributed by atoms with Crippen LogP contribution in [-0.2, 0) is 30.5 Å². The number of nitrogens with zero attached hydrogens (tertiary/aromatic N) is 8. The summed E-state index contributed by atoms with van der Waals surface area (Å²) < 4.78 is 8.61. The van der Waals surface area contributed by atoms with Crippen molar-refractivity contribution in [2.45, 2.75) is 105 Å². The van der Waals surface area contributed by atoms with Gasteiger partial charge in [0.2, 0.25) is 17.7 Å². The van der Waals surface area contributed by atoms with E-state index in [0.717, 1.165) is 70.5 Å². The molecule has 9 rings (SSSR count). The first kappa shape index (κ1) is 48.1. The fourth-order valence-electron chi connectivity index (χ4n) is 9.29. The first-order chi connectivity index (χ1) is 33.4. The van der Waals surface area contributed by atoms with E-state index in [0.29, 0.717) is 17.2 Å². The molecule has 3 aromatic carbocycles. The number of thiazole rings is 1. The Bertz CT molecular complexity index is 3180. The minimum Gasteiger partial charge on any atom is -0.469 e. The summed E-state index contributed by atoms with van der Waals surface area (Å²) in [5, 5.41) is 32.0. The van der Waals surface area contributed by atoms with E-state index in [1.807, 2.05) is 118 Å². The Labute approximate surface area is 413 Å². The summed E-state index contributed by atoms with van der Waals surface area (Å²) in [5.41, 5.74) is 10.3. The number of ether oxygens (including phenoxy) is 1. The second-order valence-corrected chi connectivity index (χ2v) is 21.3. The molecule has 4 aromatic heterocycles. The number of aryl methyl sites for hydroxylation is 3. The van der Waals surface area contributed by atoms with E-state index < -0.39 is 41.5 Å². The Morgan fingerprint density at radius 1 is 0.914 bits per heavy atom. The third-order valence-corrected chi connectivity index (χ3v) is 15.4. The number of hydrogen-bond acceptors (Lipinski definition) is 13. The van der Waals surface area contributed by atoms with Crippen LogP contribution in [0.2, 0.25) is 0 Å². The molecule has 7 aromatic rings. The number of likely N-dealkylation sites (tertiary alicyclic amines) is 1.